The Morgan fingerprint density at radius 1 is 0.957 bits per heavy atom. The fourth-order valence-electron chi connectivity index (χ4n) is 9.97. The largest absolute Gasteiger partial charge is 0.371 e. The summed E-state index contributed by atoms with van der Waals surface area (Å²) in [5.41, 5.74) is 6.59. The fourth-order valence-corrected chi connectivity index (χ4v) is 10.2. The number of rotatable bonds is 6. The first-order chi connectivity index (χ1) is 22.2. The Balaban J connectivity index is 1.19. The first kappa shape index (κ1) is 29.9. The van der Waals surface area contributed by atoms with Crippen molar-refractivity contribution in [2.45, 2.75) is 76.8 Å². The van der Waals surface area contributed by atoms with Gasteiger partial charge in [-0.3, -0.25) is 9.36 Å². The monoisotopic (exact) mass is 636 g/mol. The average molecular weight is 637 g/mol. The van der Waals surface area contributed by atoms with Crippen LogP contribution in [0, 0.1) is 31.6 Å². The van der Waals surface area contributed by atoms with Crippen LogP contribution in [0.15, 0.2) is 53.5 Å². The SMILES string of the molecule is Cc1cc(Nc2ncc3c(C)c(-c4cccc(Cl)c4)c(=O)n(C45CC6CC(CC(C6)C4)C5)c3n2)ccc1N1CCC(N(C)C)CC1. The molecular formula is C38H45ClN6O. The molecule has 5 aliphatic rings. The Bertz CT molecular complexity index is 1840. The van der Waals surface area contributed by atoms with Gasteiger partial charge in [-0.2, -0.15) is 4.98 Å². The van der Waals surface area contributed by atoms with Gasteiger partial charge in [-0.25, -0.2) is 4.98 Å². The molecule has 4 saturated carbocycles. The molecule has 7 nitrogen and oxygen atoms in total. The van der Waals surface area contributed by atoms with Gasteiger partial charge in [-0.1, -0.05) is 23.7 Å². The number of aromatic nitrogens is 3. The fraction of sp³-hybridized carbons (Fsp3) is 0.500. The van der Waals surface area contributed by atoms with Crippen LogP contribution in [0.3, 0.4) is 0 Å². The Kier molecular flexibility index (Phi) is 7.41. The van der Waals surface area contributed by atoms with Gasteiger partial charge in [0.05, 0.1) is 11.1 Å². The summed E-state index contributed by atoms with van der Waals surface area (Å²) in [6.45, 7) is 6.36. The molecule has 0 radical (unpaired) electrons. The van der Waals surface area contributed by atoms with Gasteiger partial charge in [0.2, 0.25) is 5.95 Å². The van der Waals surface area contributed by atoms with E-state index in [1.54, 1.807) is 0 Å². The Hall–Kier alpha value is -3.42. The smallest absolute Gasteiger partial charge is 0.260 e. The van der Waals surface area contributed by atoms with Crippen LogP contribution in [0.4, 0.5) is 17.3 Å². The Morgan fingerprint density at radius 3 is 2.28 bits per heavy atom. The van der Waals surface area contributed by atoms with Crippen LogP contribution in [-0.2, 0) is 5.54 Å². The van der Waals surface area contributed by atoms with Crippen molar-refractivity contribution in [1.82, 2.24) is 19.4 Å². The molecule has 240 valence electrons. The summed E-state index contributed by atoms with van der Waals surface area (Å²) >= 11 is 6.45. The van der Waals surface area contributed by atoms with Crippen LogP contribution in [0.1, 0.15) is 62.5 Å². The molecule has 4 aliphatic carbocycles. The quantitative estimate of drug-likeness (QED) is 0.232. The molecule has 2 aromatic heterocycles. The molecule has 8 heteroatoms. The predicted molar refractivity (Wildman–Crippen MR) is 189 cm³/mol. The van der Waals surface area contributed by atoms with Crippen LogP contribution >= 0.6 is 11.6 Å². The molecule has 5 fully saturated rings. The molecular weight excluding hydrogens is 592 g/mol. The van der Waals surface area contributed by atoms with Crippen molar-refractivity contribution in [3.63, 3.8) is 0 Å². The van der Waals surface area contributed by atoms with Gasteiger partial charge in [0, 0.05) is 47.1 Å². The number of halogens is 1. The van der Waals surface area contributed by atoms with Crippen LogP contribution < -0.4 is 15.8 Å². The maximum Gasteiger partial charge on any atom is 0.260 e. The lowest BCUT2D eigenvalue weighted by molar-refractivity contribution is -0.0426. The van der Waals surface area contributed by atoms with Crippen molar-refractivity contribution >= 4 is 40.0 Å². The first-order valence-electron chi connectivity index (χ1n) is 17.2. The summed E-state index contributed by atoms with van der Waals surface area (Å²) in [5.74, 6) is 2.61. The van der Waals surface area contributed by atoms with E-state index in [1.807, 2.05) is 37.4 Å². The van der Waals surface area contributed by atoms with E-state index in [1.165, 1.54) is 43.4 Å². The van der Waals surface area contributed by atoms with E-state index in [9.17, 15) is 4.79 Å². The molecule has 1 N–H and O–H groups in total. The Labute approximate surface area is 277 Å². The zero-order valence-electron chi connectivity index (χ0n) is 27.5. The highest BCUT2D eigenvalue weighted by Crippen LogP contribution is 2.59. The van der Waals surface area contributed by atoms with E-state index in [0.717, 1.165) is 65.8 Å². The maximum atomic E-state index is 14.8. The summed E-state index contributed by atoms with van der Waals surface area (Å²) in [7, 11) is 4.37. The second-order valence-electron chi connectivity index (χ2n) is 15.0. The third-order valence-electron chi connectivity index (χ3n) is 11.8. The molecule has 0 unspecified atom stereocenters. The number of benzene rings is 2. The minimum Gasteiger partial charge on any atom is -0.371 e. The minimum atomic E-state index is -0.199. The molecule has 1 saturated heterocycles. The van der Waals surface area contributed by atoms with E-state index in [2.05, 4.69) is 58.9 Å². The van der Waals surface area contributed by atoms with Crippen molar-refractivity contribution in [3.05, 3.63) is 75.2 Å². The lowest BCUT2D eigenvalue weighted by atomic mass is 9.53. The number of fused-ring (bicyclic) bond motifs is 1. The molecule has 0 spiro atoms. The third-order valence-corrected chi connectivity index (χ3v) is 12.0. The van der Waals surface area contributed by atoms with Gasteiger partial charge >= 0.3 is 0 Å². The molecule has 3 heterocycles. The zero-order chi connectivity index (χ0) is 31.7. The highest BCUT2D eigenvalue weighted by atomic mass is 35.5. The molecule has 0 amide bonds. The van der Waals surface area contributed by atoms with Crippen LogP contribution in [0.25, 0.3) is 22.2 Å². The van der Waals surface area contributed by atoms with Crippen molar-refractivity contribution < 1.29 is 0 Å². The molecule has 2 aromatic carbocycles. The number of nitrogens with zero attached hydrogens (tertiary/aromatic N) is 5. The van der Waals surface area contributed by atoms with Crippen LogP contribution in [-0.4, -0.2) is 52.7 Å². The van der Waals surface area contributed by atoms with Gasteiger partial charge < -0.3 is 15.1 Å². The van der Waals surface area contributed by atoms with Gasteiger partial charge in [0.15, 0.2) is 0 Å². The highest BCUT2D eigenvalue weighted by molar-refractivity contribution is 6.30. The van der Waals surface area contributed by atoms with E-state index in [4.69, 9.17) is 21.6 Å². The van der Waals surface area contributed by atoms with Crippen molar-refractivity contribution in [2.75, 3.05) is 37.4 Å². The second kappa shape index (κ2) is 11.4. The number of anilines is 3. The maximum absolute atomic E-state index is 14.8. The number of hydrogen-bond donors (Lipinski definition) is 1. The van der Waals surface area contributed by atoms with Gasteiger partial charge in [-0.15, -0.1) is 0 Å². The molecule has 1 aliphatic heterocycles. The summed E-state index contributed by atoms with van der Waals surface area (Å²) < 4.78 is 2.12. The summed E-state index contributed by atoms with van der Waals surface area (Å²) in [6.07, 6.45) is 11.4. The summed E-state index contributed by atoms with van der Waals surface area (Å²) in [5, 5.41) is 5.07. The molecule has 46 heavy (non-hydrogen) atoms. The molecule has 0 atom stereocenters. The van der Waals surface area contributed by atoms with E-state index in [0.29, 0.717) is 34.8 Å². The molecule has 4 aromatic rings. The van der Waals surface area contributed by atoms with Crippen molar-refractivity contribution in [2.24, 2.45) is 17.8 Å². The standard InChI is InChI=1S/C38H45ClN6O/c1-23-14-30(8-9-33(23)44-12-10-31(11-13-44)43(3)4)41-37-40-22-32-24(2)34(28-6-5-7-29(39)18-28)36(46)45(35(32)42-37)38-19-25-15-26(20-38)17-27(16-25)21-38/h5-9,14,18,22,25-27,31H,10-13,15-17,19-21H2,1-4H3,(H,40,41,42). The first-order valence-corrected chi connectivity index (χ1v) is 17.5. The third kappa shape index (κ3) is 5.11. The second-order valence-corrected chi connectivity index (χ2v) is 15.5. The average Bonchev–Trinajstić information content (AvgIpc) is 3.00. The predicted octanol–water partition coefficient (Wildman–Crippen LogP) is 7.93. The molecule has 4 bridgehead atoms. The van der Waals surface area contributed by atoms with Crippen molar-refractivity contribution in [3.8, 4) is 11.1 Å². The number of aryl methyl sites for hydroxylation is 2. The molecule has 9 rings (SSSR count). The number of pyridine rings is 1. The van der Waals surface area contributed by atoms with E-state index < -0.39 is 0 Å². The van der Waals surface area contributed by atoms with Crippen molar-refractivity contribution in [1.29, 1.82) is 0 Å². The number of piperidine rings is 1. The topological polar surface area (TPSA) is 66.3 Å². The van der Waals surface area contributed by atoms with Gasteiger partial charge in [0.1, 0.15) is 5.65 Å². The lowest BCUT2D eigenvalue weighted by Gasteiger charge is -2.57. The summed E-state index contributed by atoms with van der Waals surface area (Å²) in [6, 6.07) is 14.9. The minimum absolute atomic E-state index is 0.0529. The number of hydrogen-bond acceptors (Lipinski definition) is 6. The zero-order valence-corrected chi connectivity index (χ0v) is 28.3. The van der Waals surface area contributed by atoms with Crippen LogP contribution in [0.5, 0.6) is 0 Å². The van der Waals surface area contributed by atoms with Crippen LogP contribution in [0.2, 0.25) is 5.02 Å². The Morgan fingerprint density at radius 2 is 1.65 bits per heavy atom. The number of nitrogens with one attached hydrogen (secondary N) is 1. The normalized spacial score (nSPS) is 26.0. The summed E-state index contributed by atoms with van der Waals surface area (Å²) in [4.78, 5) is 29.7. The van der Waals surface area contributed by atoms with Gasteiger partial charge in [0.25, 0.3) is 5.56 Å². The lowest BCUT2D eigenvalue weighted by Crippen LogP contribution is -2.55. The highest BCUT2D eigenvalue weighted by Gasteiger charge is 2.53. The van der Waals surface area contributed by atoms with E-state index in [-0.39, 0.29) is 11.1 Å². The van der Waals surface area contributed by atoms with E-state index >= 15 is 0 Å². The van der Waals surface area contributed by atoms with Gasteiger partial charge in [-0.05, 0) is 144 Å².